The van der Waals surface area contributed by atoms with E-state index in [0.717, 1.165) is 16.8 Å². The van der Waals surface area contributed by atoms with Gasteiger partial charge in [-0.2, -0.15) is 0 Å². The van der Waals surface area contributed by atoms with Crippen molar-refractivity contribution in [3.05, 3.63) is 65.7 Å². The summed E-state index contributed by atoms with van der Waals surface area (Å²) in [5.74, 6) is -0.0794. The minimum atomic E-state index is -0.628. The summed E-state index contributed by atoms with van der Waals surface area (Å²) in [4.78, 5) is 14.3. The summed E-state index contributed by atoms with van der Waals surface area (Å²) in [5.41, 5.74) is 8.96. The van der Waals surface area contributed by atoms with Gasteiger partial charge < -0.3 is 10.6 Å². The minimum Gasteiger partial charge on any atom is -0.316 e. The first-order valence-corrected chi connectivity index (χ1v) is 6.82. The summed E-state index contributed by atoms with van der Waals surface area (Å²) in [5, 5.41) is 0. The zero-order valence-electron chi connectivity index (χ0n) is 11.9. The molecule has 0 aliphatic carbocycles. The minimum absolute atomic E-state index is 0.0794. The Morgan fingerprint density at radius 2 is 1.85 bits per heavy atom. The van der Waals surface area contributed by atoms with Gasteiger partial charge in [0, 0.05) is 12.2 Å². The molecular formula is C17H20N2O. The summed E-state index contributed by atoms with van der Waals surface area (Å²) < 4.78 is 0. The van der Waals surface area contributed by atoms with Crippen molar-refractivity contribution in [3.63, 3.8) is 0 Å². The van der Waals surface area contributed by atoms with Crippen LogP contribution in [0.4, 0.5) is 5.69 Å². The third kappa shape index (κ3) is 3.06. The van der Waals surface area contributed by atoms with Crippen LogP contribution in [0.3, 0.4) is 0 Å². The Labute approximate surface area is 120 Å². The van der Waals surface area contributed by atoms with E-state index in [-0.39, 0.29) is 5.91 Å². The molecule has 0 spiro atoms. The number of hydrogen-bond donors (Lipinski definition) is 1. The molecule has 0 bridgehead atoms. The molecule has 0 radical (unpaired) electrons. The Morgan fingerprint density at radius 1 is 1.15 bits per heavy atom. The fraction of sp³-hybridized carbons (Fsp3) is 0.235. The number of likely N-dealkylation sites (N-methyl/N-ethyl adjacent to an activating group) is 1. The van der Waals surface area contributed by atoms with Gasteiger partial charge in [0.2, 0.25) is 5.91 Å². The van der Waals surface area contributed by atoms with Crippen molar-refractivity contribution >= 4 is 11.6 Å². The fourth-order valence-corrected chi connectivity index (χ4v) is 2.23. The van der Waals surface area contributed by atoms with Gasteiger partial charge in [-0.25, -0.2) is 0 Å². The number of nitrogens with two attached hydrogens (primary N) is 1. The number of carbonyl (C=O) groups is 1. The highest BCUT2D eigenvalue weighted by atomic mass is 16.2. The number of hydrogen-bond acceptors (Lipinski definition) is 2. The van der Waals surface area contributed by atoms with Gasteiger partial charge in [-0.15, -0.1) is 0 Å². The number of aryl methyl sites for hydroxylation is 1. The molecule has 0 saturated heterocycles. The molecule has 0 aliphatic heterocycles. The molecule has 0 aromatic heterocycles. The topological polar surface area (TPSA) is 46.3 Å². The van der Waals surface area contributed by atoms with Crippen molar-refractivity contribution in [1.29, 1.82) is 0 Å². The Hall–Kier alpha value is -2.13. The molecular weight excluding hydrogens is 248 g/mol. The molecule has 0 aliphatic rings. The molecule has 0 fully saturated rings. The van der Waals surface area contributed by atoms with E-state index >= 15 is 0 Å². The van der Waals surface area contributed by atoms with Crippen molar-refractivity contribution < 1.29 is 4.79 Å². The third-order valence-electron chi connectivity index (χ3n) is 3.32. The molecule has 1 atom stereocenters. The smallest absolute Gasteiger partial charge is 0.248 e. The Kier molecular flexibility index (Phi) is 4.53. The number of carbonyl (C=O) groups excluding carboxylic acids is 1. The van der Waals surface area contributed by atoms with Crippen molar-refractivity contribution in [2.24, 2.45) is 5.73 Å². The lowest BCUT2D eigenvalue weighted by atomic mass is 10.1. The predicted octanol–water partition coefficient (Wildman–Crippen LogP) is 3.05. The SMILES string of the molecule is CCN(C(=O)[C@@H](N)c1ccccc1)c1cccc(C)c1. The maximum absolute atomic E-state index is 12.6. The molecule has 0 heterocycles. The Bertz CT molecular complexity index is 581. The molecule has 20 heavy (non-hydrogen) atoms. The highest BCUT2D eigenvalue weighted by molar-refractivity contribution is 5.97. The maximum atomic E-state index is 12.6. The molecule has 0 saturated carbocycles. The third-order valence-corrected chi connectivity index (χ3v) is 3.32. The van der Waals surface area contributed by atoms with E-state index in [4.69, 9.17) is 5.73 Å². The summed E-state index contributed by atoms with van der Waals surface area (Å²) in [6, 6.07) is 16.7. The van der Waals surface area contributed by atoms with Crippen LogP contribution in [-0.4, -0.2) is 12.5 Å². The average Bonchev–Trinajstić information content (AvgIpc) is 2.48. The van der Waals surface area contributed by atoms with Crippen LogP contribution >= 0.6 is 0 Å². The number of nitrogens with zero attached hydrogens (tertiary/aromatic N) is 1. The fourth-order valence-electron chi connectivity index (χ4n) is 2.23. The monoisotopic (exact) mass is 268 g/mol. The van der Waals surface area contributed by atoms with E-state index in [1.807, 2.05) is 68.4 Å². The van der Waals surface area contributed by atoms with Crippen molar-refractivity contribution in [3.8, 4) is 0 Å². The van der Waals surface area contributed by atoms with Crippen LogP contribution in [0.1, 0.15) is 24.1 Å². The molecule has 3 nitrogen and oxygen atoms in total. The quantitative estimate of drug-likeness (QED) is 0.926. The van der Waals surface area contributed by atoms with Gasteiger partial charge >= 0.3 is 0 Å². The first-order chi connectivity index (χ1) is 9.63. The molecule has 1 amide bonds. The maximum Gasteiger partial charge on any atom is 0.248 e. The summed E-state index contributed by atoms with van der Waals surface area (Å²) >= 11 is 0. The predicted molar refractivity (Wildman–Crippen MR) is 82.6 cm³/mol. The van der Waals surface area contributed by atoms with Crippen LogP contribution in [0, 0.1) is 6.92 Å². The van der Waals surface area contributed by atoms with Gasteiger partial charge in [-0.05, 0) is 37.1 Å². The first-order valence-electron chi connectivity index (χ1n) is 6.82. The van der Waals surface area contributed by atoms with Gasteiger partial charge in [-0.3, -0.25) is 4.79 Å². The standard InChI is InChI=1S/C17H20N2O/c1-3-19(15-11-7-8-13(2)12-15)17(20)16(18)14-9-5-4-6-10-14/h4-12,16H,3,18H2,1-2H3/t16-/m0/s1. The van der Waals surface area contributed by atoms with Crippen LogP contribution in [0.5, 0.6) is 0 Å². The zero-order valence-corrected chi connectivity index (χ0v) is 11.9. The molecule has 2 rings (SSSR count). The number of amides is 1. The number of anilines is 1. The highest BCUT2D eigenvalue weighted by Gasteiger charge is 2.22. The molecule has 3 heteroatoms. The largest absolute Gasteiger partial charge is 0.316 e. The van der Waals surface area contributed by atoms with E-state index < -0.39 is 6.04 Å². The van der Waals surface area contributed by atoms with Crippen LogP contribution in [-0.2, 0) is 4.79 Å². The normalized spacial score (nSPS) is 11.9. The summed E-state index contributed by atoms with van der Waals surface area (Å²) in [6.45, 7) is 4.57. The van der Waals surface area contributed by atoms with E-state index in [1.54, 1.807) is 4.90 Å². The van der Waals surface area contributed by atoms with Crippen LogP contribution < -0.4 is 10.6 Å². The van der Waals surface area contributed by atoms with E-state index in [9.17, 15) is 4.79 Å². The Balaban J connectivity index is 2.26. The second-order valence-corrected chi connectivity index (χ2v) is 4.81. The van der Waals surface area contributed by atoms with Crippen molar-refractivity contribution in [2.45, 2.75) is 19.9 Å². The molecule has 2 aromatic carbocycles. The molecule has 2 aromatic rings. The molecule has 2 N–H and O–H groups in total. The van der Waals surface area contributed by atoms with Gasteiger partial charge in [0.1, 0.15) is 6.04 Å². The Morgan fingerprint density at radius 3 is 2.45 bits per heavy atom. The lowest BCUT2D eigenvalue weighted by Gasteiger charge is -2.25. The van der Waals surface area contributed by atoms with Crippen molar-refractivity contribution in [2.75, 3.05) is 11.4 Å². The van der Waals surface area contributed by atoms with E-state index in [1.165, 1.54) is 0 Å². The second-order valence-electron chi connectivity index (χ2n) is 4.81. The van der Waals surface area contributed by atoms with E-state index in [0.29, 0.717) is 6.54 Å². The lowest BCUT2D eigenvalue weighted by molar-refractivity contribution is -0.119. The van der Waals surface area contributed by atoms with Crippen LogP contribution in [0.25, 0.3) is 0 Å². The number of rotatable bonds is 4. The van der Waals surface area contributed by atoms with Gasteiger partial charge in [0.05, 0.1) is 0 Å². The van der Waals surface area contributed by atoms with Gasteiger partial charge in [0.15, 0.2) is 0 Å². The molecule has 0 unspecified atom stereocenters. The zero-order chi connectivity index (χ0) is 14.5. The van der Waals surface area contributed by atoms with Gasteiger partial charge in [-0.1, -0.05) is 42.5 Å². The van der Waals surface area contributed by atoms with E-state index in [2.05, 4.69) is 0 Å². The molecule has 104 valence electrons. The average molecular weight is 268 g/mol. The first kappa shape index (κ1) is 14.3. The number of benzene rings is 2. The lowest BCUT2D eigenvalue weighted by Crippen LogP contribution is -2.38. The second kappa shape index (κ2) is 6.35. The van der Waals surface area contributed by atoms with Crippen LogP contribution in [0.15, 0.2) is 54.6 Å². The summed E-state index contributed by atoms with van der Waals surface area (Å²) in [6.07, 6.45) is 0. The van der Waals surface area contributed by atoms with Crippen molar-refractivity contribution in [1.82, 2.24) is 0 Å². The summed E-state index contributed by atoms with van der Waals surface area (Å²) in [7, 11) is 0. The van der Waals surface area contributed by atoms with Crippen LogP contribution in [0.2, 0.25) is 0 Å². The highest BCUT2D eigenvalue weighted by Crippen LogP contribution is 2.20. The van der Waals surface area contributed by atoms with Gasteiger partial charge in [0.25, 0.3) is 0 Å².